The van der Waals surface area contributed by atoms with E-state index >= 15 is 0 Å². The van der Waals surface area contributed by atoms with Crippen molar-refractivity contribution in [3.8, 4) is 0 Å². The van der Waals surface area contributed by atoms with Crippen LogP contribution in [0.5, 0.6) is 0 Å². The zero-order valence-corrected chi connectivity index (χ0v) is 11.6. The van der Waals surface area contributed by atoms with Gasteiger partial charge < -0.3 is 5.11 Å². The molecule has 1 saturated carbocycles. The standard InChI is InChI=1S/C14H23N3O2/c1-11-6-8-13(9-7-11)17-10-12(15-16-17)4-2-3-5-14(18)19/h10-11,13H,2-9H2,1H3,(H,18,19). The lowest BCUT2D eigenvalue weighted by Gasteiger charge is -2.25. The van der Waals surface area contributed by atoms with Gasteiger partial charge in [-0.3, -0.25) is 4.79 Å². The van der Waals surface area contributed by atoms with E-state index in [0.717, 1.165) is 24.5 Å². The molecule has 0 atom stereocenters. The molecule has 0 radical (unpaired) electrons. The number of aryl methyl sites for hydroxylation is 1. The Kier molecular flexibility index (Phi) is 4.93. The smallest absolute Gasteiger partial charge is 0.303 e. The van der Waals surface area contributed by atoms with Crippen molar-refractivity contribution >= 4 is 5.97 Å². The molecule has 1 aliphatic rings. The van der Waals surface area contributed by atoms with Crippen LogP contribution in [0, 0.1) is 5.92 Å². The summed E-state index contributed by atoms with van der Waals surface area (Å²) < 4.78 is 2.01. The van der Waals surface area contributed by atoms with Crippen LogP contribution in [0.25, 0.3) is 0 Å². The van der Waals surface area contributed by atoms with Crippen LogP contribution in [0.15, 0.2) is 6.20 Å². The number of carbonyl (C=O) groups is 1. The number of hydrogen-bond donors (Lipinski definition) is 1. The van der Waals surface area contributed by atoms with Gasteiger partial charge >= 0.3 is 5.97 Å². The van der Waals surface area contributed by atoms with Gasteiger partial charge in [0.2, 0.25) is 0 Å². The Labute approximate surface area is 114 Å². The SMILES string of the molecule is CC1CCC(n2cc(CCCCC(=O)O)nn2)CC1. The second-order valence-corrected chi connectivity index (χ2v) is 5.70. The van der Waals surface area contributed by atoms with Crippen molar-refractivity contribution in [2.24, 2.45) is 5.92 Å². The average Bonchev–Trinajstić information content (AvgIpc) is 2.84. The van der Waals surface area contributed by atoms with Crippen LogP contribution in [0.2, 0.25) is 0 Å². The number of carboxylic acids is 1. The molecule has 5 nitrogen and oxygen atoms in total. The van der Waals surface area contributed by atoms with Gasteiger partial charge in [-0.15, -0.1) is 5.10 Å². The van der Waals surface area contributed by atoms with E-state index in [4.69, 9.17) is 5.11 Å². The van der Waals surface area contributed by atoms with E-state index < -0.39 is 5.97 Å². The first-order valence-electron chi connectivity index (χ1n) is 7.27. The minimum atomic E-state index is -0.722. The first-order chi connectivity index (χ1) is 9.15. The quantitative estimate of drug-likeness (QED) is 0.803. The van der Waals surface area contributed by atoms with Gasteiger partial charge in [0, 0.05) is 12.6 Å². The highest BCUT2D eigenvalue weighted by Gasteiger charge is 2.20. The predicted octanol–water partition coefficient (Wildman–Crippen LogP) is 2.83. The fraction of sp³-hybridized carbons (Fsp3) is 0.786. The largest absolute Gasteiger partial charge is 0.481 e. The molecule has 1 aromatic rings. The van der Waals surface area contributed by atoms with E-state index in [1.165, 1.54) is 25.7 Å². The minimum Gasteiger partial charge on any atom is -0.481 e. The zero-order chi connectivity index (χ0) is 13.7. The average molecular weight is 265 g/mol. The first kappa shape index (κ1) is 14.0. The fourth-order valence-electron chi connectivity index (χ4n) is 2.70. The van der Waals surface area contributed by atoms with E-state index in [1.807, 2.05) is 10.9 Å². The minimum absolute atomic E-state index is 0.245. The van der Waals surface area contributed by atoms with Crippen LogP contribution in [-0.4, -0.2) is 26.1 Å². The van der Waals surface area contributed by atoms with Crippen molar-refractivity contribution in [2.45, 2.75) is 64.3 Å². The lowest BCUT2D eigenvalue weighted by Crippen LogP contribution is -2.17. The second-order valence-electron chi connectivity index (χ2n) is 5.70. The lowest BCUT2D eigenvalue weighted by molar-refractivity contribution is -0.137. The van der Waals surface area contributed by atoms with E-state index in [9.17, 15) is 4.79 Å². The van der Waals surface area contributed by atoms with Crippen LogP contribution in [0.1, 0.15) is 63.6 Å². The van der Waals surface area contributed by atoms with E-state index in [0.29, 0.717) is 12.5 Å². The van der Waals surface area contributed by atoms with Crippen molar-refractivity contribution in [1.29, 1.82) is 0 Å². The van der Waals surface area contributed by atoms with E-state index in [2.05, 4.69) is 17.2 Å². The van der Waals surface area contributed by atoms with Crippen molar-refractivity contribution in [2.75, 3.05) is 0 Å². The summed E-state index contributed by atoms with van der Waals surface area (Å²) >= 11 is 0. The van der Waals surface area contributed by atoms with Crippen LogP contribution in [0.3, 0.4) is 0 Å². The Morgan fingerprint density at radius 3 is 2.79 bits per heavy atom. The Bertz CT molecular complexity index is 409. The van der Waals surface area contributed by atoms with Gasteiger partial charge in [0.1, 0.15) is 0 Å². The zero-order valence-electron chi connectivity index (χ0n) is 11.6. The molecular weight excluding hydrogens is 242 g/mol. The molecule has 2 rings (SSSR count). The van der Waals surface area contributed by atoms with Crippen molar-refractivity contribution < 1.29 is 9.90 Å². The van der Waals surface area contributed by atoms with Crippen molar-refractivity contribution in [3.05, 3.63) is 11.9 Å². The third-order valence-electron chi connectivity index (χ3n) is 3.99. The number of hydrogen-bond acceptors (Lipinski definition) is 3. The normalized spacial score (nSPS) is 23.4. The Morgan fingerprint density at radius 1 is 1.37 bits per heavy atom. The molecule has 1 heterocycles. The highest BCUT2D eigenvalue weighted by molar-refractivity contribution is 5.66. The van der Waals surface area contributed by atoms with Gasteiger partial charge in [-0.05, 0) is 50.9 Å². The molecule has 0 bridgehead atoms. The number of aromatic nitrogens is 3. The van der Waals surface area contributed by atoms with Gasteiger partial charge in [-0.2, -0.15) is 0 Å². The number of nitrogens with zero attached hydrogens (tertiary/aromatic N) is 3. The van der Waals surface area contributed by atoms with Gasteiger partial charge in [0.15, 0.2) is 0 Å². The Morgan fingerprint density at radius 2 is 2.11 bits per heavy atom. The number of carboxylic acid groups (broad SMARTS) is 1. The van der Waals surface area contributed by atoms with Gasteiger partial charge in [-0.1, -0.05) is 12.1 Å². The first-order valence-corrected chi connectivity index (χ1v) is 7.27. The lowest BCUT2D eigenvalue weighted by atomic mass is 9.87. The van der Waals surface area contributed by atoms with Gasteiger partial charge in [0.05, 0.1) is 11.7 Å². The summed E-state index contributed by atoms with van der Waals surface area (Å²) in [6.07, 6.45) is 9.64. The van der Waals surface area contributed by atoms with Crippen LogP contribution >= 0.6 is 0 Å². The Balaban J connectivity index is 1.77. The predicted molar refractivity (Wildman–Crippen MR) is 71.9 cm³/mol. The van der Waals surface area contributed by atoms with E-state index in [-0.39, 0.29) is 6.42 Å². The van der Waals surface area contributed by atoms with Crippen LogP contribution in [0.4, 0.5) is 0 Å². The second kappa shape index (κ2) is 6.68. The number of aliphatic carboxylic acids is 1. The number of rotatable bonds is 6. The van der Waals surface area contributed by atoms with Gasteiger partial charge in [-0.25, -0.2) is 4.68 Å². The maximum Gasteiger partial charge on any atom is 0.303 e. The molecule has 1 fully saturated rings. The summed E-state index contributed by atoms with van der Waals surface area (Å²) in [5.41, 5.74) is 0.990. The summed E-state index contributed by atoms with van der Waals surface area (Å²) in [7, 11) is 0. The summed E-state index contributed by atoms with van der Waals surface area (Å²) in [5.74, 6) is 0.121. The molecule has 1 aliphatic carbocycles. The summed E-state index contributed by atoms with van der Waals surface area (Å²) in [6.45, 7) is 2.31. The molecule has 106 valence electrons. The molecular formula is C14H23N3O2. The Hall–Kier alpha value is -1.39. The highest BCUT2D eigenvalue weighted by atomic mass is 16.4. The molecule has 19 heavy (non-hydrogen) atoms. The maximum absolute atomic E-state index is 10.4. The molecule has 0 aromatic carbocycles. The summed E-state index contributed by atoms with van der Waals surface area (Å²) in [6, 6.07) is 0.511. The summed E-state index contributed by atoms with van der Waals surface area (Å²) in [5, 5.41) is 17.0. The fourth-order valence-corrected chi connectivity index (χ4v) is 2.70. The molecule has 1 N–H and O–H groups in total. The molecule has 0 aliphatic heterocycles. The molecule has 5 heteroatoms. The maximum atomic E-state index is 10.4. The third-order valence-corrected chi connectivity index (χ3v) is 3.99. The molecule has 0 saturated heterocycles. The van der Waals surface area contributed by atoms with Crippen molar-refractivity contribution in [3.63, 3.8) is 0 Å². The molecule has 0 amide bonds. The van der Waals surface area contributed by atoms with E-state index in [1.54, 1.807) is 0 Å². The highest BCUT2D eigenvalue weighted by Crippen LogP contribution is 2.31. The van der Waals surface area contributed by atoms with Crippen molar-refractivity contribution in [1.82, 2.24) is 15.0 Å². The summed E-state index contributed by atoms with van der Waals surface area (Å²) in [4.78, 5) is 10.4. The third kappa shape index (κ3) is 4.33. The molecule has 0 unspecified atom stereocenters. The van der Waals surface area contributed by atoms with Crippen LogP contribution in [-0.2, 0) is 11.2 Å². The van der Waals surface area contributed by atoms with Crippen LogP contribution < -0.4 is 0 Å². The monoisotopic (exact) mass is 265 g/mol. The number of unbranched alkanes of at least 4 members (excludes halogenated alkanes) is 1. The molecule has 1 aromatic heterocycles. The molecule has 0 spiro atoms. The van der Waals surface area contributed by atoms with Gasteiger partial charge in [0.25, 0.3) is 0 Å². The topological polar surface area (TPSA) is 68.0 Å².